The summed E-state index contributed by atoms with van der Waals surface area (Å²) in [7, 11) is 0. The number of aryl methyl sites for hydroxylation is 2. The first-order chi connectivity index (χ1) is 10.6. The van der Waals surface area contributed by atoms with Crippen LogP contribution in [0.3, 0.4) is 0 Å². The van der Waals surface area contributed by atoms with Crippen LogP contribution in [-0.4, -0.2) is 42.1 Å². The van der Waals surface area contributed by atoms with Crippen molar-refractivity contribution in [2.24, 2.45) is 0 Å². The fourth-order valence-corrected chi connectivity index (χ4v) is 3.54. The van der Waals surface area contributed by atoms with Crippen molar-refractivity contribution in [1.29, 1.82) is 0 Å². The third-order valence-corrected chi connectivity index (χ3v) is 4.78. The summed E-state index contributed by atoms with van der Waals surface area (Å²) in [6.45, 7) is 6.72. The van der Waals surface area contributed by atoms with Gasteiger partial charge in [-0.25, -0.2) is 4.98 Å². The molecule has 1 aliphatic heterocycles. The van der Waals surface area contributed by atoms with Crippen LogP contribution in [-0.2, 0) is 16.0 Å². The van der Waals surface area contributed by atoms with Gasteiger partial charge in [0.2, 0.25) is 5.91 Å². The van der Waals surface area contributed by atoms with Gasteiger partial charge in [-0.1, -0.05) is 29.8 Å². The molecule has 1 amide bonds. The van der Waals surface area contributed by atoms with Crippen molar-refractivity contribution in [3.63, 3.8) is 0 Å². The molecular weight excluding hydrogens is 296 g/mol. The summed E-state index contributed by atoms with van der Waals surface area (Å²) < 4.78 is 5.30. The average Bonchev–Trinajstić information content (AvgIpc) is 2.89. The van der Waals surface area contributed by atoms with Crippen molar-refractivity contribution in [2.45, 2.75) is 20.3 Å². The highest BCUT2D eigenvalue weighted by Crippen LogP contribution is 2.29. The lowest BCUT2D eigenvalue weighted by Gasteiger charge is -2.26. The molecule has 1 saturated heterocycles. The first-order valence-corrected chi connectivity index (χ1v) is 8.34. The first kappa shape index (κ1) is 15.2. The Morgan fingerprint density at radius 3 is 2.59 bits per heavy atom. The Balaban J connectivity index is 1.81. The number of aromatic nitrogens is 1. The van der Waals surface area contributed by atoms with E-state index < -0.39 is 0 Å². The molecule has 2 aromatic rings. The molecule has 116 valence electrons. The number of amides is 1. The standard InChI is InChI=1S/C17H20N2O2S/c1-12-3-5-14(6-4-12)17-15(22-13(2)18-17)11-16(20)19-7-9-21-10-8-19/h3-6H,7-11H2,1-2H3. The highest BCUT2D eigenvalue weighted by Gasteiger charge is 2.20. The van der Waals surface area contributed by atoms with Crippen molar-refractivity contribution >= 4 is 17.2 Å². The molecule has 0 aliphatic carbocycles. The van der Waals surface area contributed by atoms with Gasteiger partial charge >= 0.3 is 0 Å². The highest BCUT2D eigenvalue weighted by molar-refractivity contribution is 7.12. The van der Waals surface area contributed by atoms with Gasteiger partial charge in [-0.2, -0.15) is 0 Å². The molecule has 0 spiro atoms. The number of carbonyl (C=O) groups excluding carboxylic acids is 1. The Bertz CT molecular complexity index is 658. The minimum absolute atomic E-state index is 0.167. The van der Waals surface area contributed by atoms with E-state index in [1.807, 2.05) is 11.8 Å². The molecule has 0 N–H and O–H groups in total. The van der Waals surface area contributed by atoms with Crippen LogP contribution in [0.4, 0.5) is 0 Å². The van der Waals surface area contributed by atoms with Gasteiger partial charge in [0, 0.05) is 23.5 Å². The quantitative estimate of drug-likeness (QED) is 0.874. The molecule has 5 heteroatoms. The van der Waals surface area contributed by atoms with Crippen molar-refractivity contribution in [2.75, 3.05) is 26.3 Å². The Labute approximate surface area is 134 Å². The number of morpholine rings is 1. The number of ether oxygens (including phenoxy) is 1. The van der Waals surface area contributed by atoms with Crippen molar-refractivity contribution in [1.82, 2.24) is 9.88 Å². The van der Waals surface area contributed by atoms with E-state index in [4.69, 9.17) is 4.74 Å². The first-order valence-electron chi connectivity index (χ1n) is 7.52. The van der Waals surface area contributed by atoms with Crippen LogP contribution in [0.15, 0.2) is 24.3 Å². The van der Waals surface area contributed by atoms with Crippen molar-refractivity contribution in [3.8, 4) is 11.3 Å². The highest BCUT2D eigenvalue weighted by atomic mass is 32.1. The smallest absolute Gasteiger partial charge is 0.228 e. The van der Waals surface area contributed by atoms with Gasteiger partial charge in [0.15, 0.2) is 0 Å². The third-order valence-electron chi connectivity index (χ3n) is 3.80. The normalized spacial score (nSPS) is 15.1. The Morgan fingerprint density at radius 1 is 1.23 bits per heavy atom. The Hall–Kier alpha value is -1.72. The number of thiazole rings is 1. The topological polar surface area (TPSA) is 42.4 Å². The Kier molecular flexibility index (Phi) is 4.55. The van der Waals surface area contributed by atoms with Crippen LogP contribution >= 0.6 is 11.3 Å². The maximum absolute atomic E-state index is 12.5. The summed E-state index contributed by atoms with van der Waals surface area (Å²) in [6, 6.07) is 8.31. The zero-order chi connectivity index (χ0) is 15.5. The maximum Gasteiger partial charge on any atom is 0.228 e. The number of hydrogen-bond donors (Lipinski definition) is 0. The summed E-state index contributed by atoms with van der Waals surface area (Å²) in [5.74, 6) is 0.167. The molecule has 22 heavy (non-hydrogen) atoms. The minimum atomic E-state index is 0.167. The fourth-order valence-electron chi connectivity index (χ4n) is 2.59. The van der Waals surface area contributed by atoms with Crippen LogP contribution in [0.5, 0.6) is 0 Å². The molecule has 0 radical (unpaired) electrons. The van der Waals surface area contributed by atoms with Crippen LogP contribution in [0, 0.1) is 13.8 Å². The lowest BCUT2D eigenvalue weighted by Crippen LogP contribution is -2.41. The zero-order valence-corrected chi connectivity index (χ0v) is 13.8. The molecule has 1 aromatic heterocycles. The molecule has 3 rings (SSSR count). The SMILES string of the molecule is Cc1ccc(-c2nc(C)sc2CC(=O)N2CCOCC2)cc1. The number of carbonyl (C=O) groups is 1. The van der Waals surface area contributed by atoms with Crippen molar-refractivity contribution < 1.29 is 9.53 Å². The number of nitrogens with zero attached hydrogens (tertiary/aromatic N) is 2. The summed E-state index contributed by atoms with van der Waals surface area (Å²) in [4.78, 5) is 20.0. The molecule has 1 fully saturated rings. The molecule has 0 atom stereocenters. The molecule has 2 heterocycles. The van der Waals surface area contributed by atoms with Gasteiger partial charge in [-0.05, 0) is 13.8 Å². The van der Waals surface area contributed by atoms with Gasteiger partial charge in [-0.15, -0.1) is 11.3 Å². The maximum atomic E-state index is 12.5. The fraction of sp³-hybridized carbons (Fsp3) is 0.412. The molecule has 0 saturated carbocycles. The second-order valence-corrected chi connectivity index (χ2v) is 6.83. The second kappa shape index (κ2) is 6.58. The van der Waals surface area contributed by atoms with E-state index in [1.54, 1.807) is 11.3 Å². The lowest BCUT2D eigenvalue weighted by molar-refractivity contribution is -0.134. The van der Waals surface area contributed by atoms with E-state index in [9.17, 15) is 4.79 Å². The number of rotatable bonds is 3. The average molecular weight is 316 g/mol. The number of hydrogen-bond acceptors (Lipinski definition) is 4. The van der Waals surface area contributed by atoms with Gasteiger partial charge < -0.3 is 9.64 Å². The molecular formula is C17H20N2O2S. The van der Waals surface area contributed by atoms with Crippen LogP contribution in [0.1, 0.15) is 15.4 Å². The third kappa shape index (κ3) is 3.36. The van der Waals surface area contributed by atoms with Crippen molar-refractivity contribution in [3.05, 3.63) is 39.7 Å². The minimum Gasteiger partial charge on any atom is -0.378 e. The van der Waals surface area contributed by atoms with E-state index in [0.717, 1.165) is 21.1 Å². The van der Waals surface area contributed by atoms with E-state index in [-0.39, 0.29) is 5.91 Å². The summed E-state index contributed by atoms with van der Waals surface area (Å²) >= 11 is 1.62. The van der Waals surface area contributed by atoms with Gasteiger partial charge in [-0.3, -0.25) is 4.79 Å². The van der Waals surface area contributed by atoms with Crippen LogP contribution < -0.4 is 0 Å². The van der Waals surface area contributed by atoms with Gasteiger partial charge in [0.25, 0.3) is 0 Å². The Morgan fingerprint density at radius 2 is 1.91 bits per heavy atom. The largest absolute Gasteiger partial charge is 0.378 e. The van der Waals surface area contributed by atoms with E-state index in [1.165, 1.54) is 5.56 Å². The molecule has 4 nitrogen and oxygen atoms in total. The number of benzene rings is 1. The molecule has 0 unspecified atom stereocenters. The predicted molar refractivity (Wildman–Crippen MR) is 88.1 cm³/mol. The summed E-state index contributed by atoms with van der Waals surface area (Å²) in [6.07, 6.45) is 0.425. The molecule has 0 bridgehead atoms. The van der Waals surface area contributed by atoms with Gasteiger partial charge in [0.05, 0.1) is 30.3 Å². The van der Waals surface area contributed by atoms with Crippen LogP contribution in [0.25, 0.3) is 11.3 Å². The van der Waals surface area contributed by atoms with Crippen LogP contribution in [0.2, 0.25) is 0 Å². The molecule has 1 aromatic carbocycles. The van der Waals surface area contributed by atoms with E-state index >= 15 is 0 Å². The summed E-state index contributed by atoms with van der Waals surface area (Å²) in [5, 5.41) is 1.00. The second-order valence-electron chi connectivity index (χ2n) is 5.54. The summed E-state index contributed by atoms with van der Waals surface area (Å²) in [5.41, 5.74) is 3.26. The zero-order valence-electron chi connectivity index (χ0n) is 13.0. The van der Waals surface area contributed by atoms with E-state index in [2.05, 4.69) is 36.2 Å². The monoisotopic (exact) mass is 316 g/mol. The molecule has 1 aliphatic rings. The van der Waals surface area contributed by atoms with Gasteiger partial charge in [0.1, 0.15) is 0 Å². The predicted octanol–water partition coefficient (Wildman–Crippen LogP) is 2.83. The van der Waals surface area contributed by atoms with E-state index in [0.29, 0.717) is 32.7 Å². The lowest BCUT2D eigenvalue weighted by atomic mass is 10.1.